The van der Waals surface area contributed by atoms with Crippen molar-refractivity contribution in [2.75, 3.05) is 0 Å². The Bertz CT molecular complexity index is 987. The van der Waals surface area contributed by atoms with E-state index >= 15 is 0 Å². The fourth-order valence-electron chi connectivity index (χ4n) is 4.08. The molecule has 0 bridgehead atoms. The Morgan fingerprint density at radius 2 is 1.89 bits per heavy atom. The third kappa shape index (κ3) is 3.84. The first-order valence-electron chi connectivity index (χ1n) is 9.54. The van der Waals surface area contributed by atoms with Crippen molar-refractivity contribution in [3.05, 3.63) is 40.2 Å². The lowest BCUT2D eigenvalue weighted by molar-refractivity contribution is 0.282. The van der Waals surface area contributed by atoms with E-state index in [9.17, 15) is 13.2 Å². The number of aromatic nitrogens is 4. The van der Waals surface area contributed by atoms with Crippen LogP contribution in [0.25, 0.3) is 0 Å². The maximum absolute atomic E-state index is 12.5. The van der Waals surface area contributed by atoms with Gasteiger partial charge in [-0.2, -0.15) is 5.10 Å². The van der Waals surface area contributed by atoms with Crippen LogP contribution in [0, 0.1) is 0 Å². The van der Waals surface area contributed by atoms with Gasteiger partial charge < -0.3 is 4.57 Å². The fourth-order valence-corrected chi connectivity index (χ4v) is 5.37. The summed E-state index contributed by atoms with van der Waals surface area (Å²) in [7, 11) is -1.87. The number of hydrogen-bond acceptors (Lipinski definition) is 5. The van der Waals surface area contributed by atoms with Gasteiger partial charge in [-0.3, -0.25) is 4.79 Å². The van der Waals surface area contributed by atoms with Crippen LogP contribution in [0.5, 0.6) is 0 Å². The second-order valence-electron chi connectivity index (χ2n) is 7.61. The highest BCUT2D eigenvalue weighted by Crippen LogP contribution is 2.28. The van der Waals surface area contributed by atoms with E-state index < -0.39 is 10.0 Å². The van der Waals surface area contributed by atoms with Gasteiger partial charge >= 0.3 is 0 Å². The van der Waals surface area contributed by atoms with Crippen LogP contribution in [-0.2, 0) is 29.9 Å². The Hall–Kier alpha value is -2.00. The summed E-state index contributed by atoms with van der Waals surface area (Å²) in [5.74, 6) is 0. The summed E-state index contributed by atoms with van der Waals surface area (Å²) in [5, 5.41) is 4.68. The molecule has 0 unspecified atom stereocenters. The normalized spacial score (nSPS) is 23.1. The molecule has 0 saturated heterocycles. The predicted molar refractivity (Wildman–Crippen MR) is 100.0 cm³/mol. The van der Waals surface area contributed by atoms with Crippen LogP contribution in [0.4, 0.5) is 0 Å². The molecule has 9 heteroatoms. The van der Waals surface area contributed by atoms with Crippen molar-refractivity contribution in [1.29, 1.82) is 0 Å². The number of imidazole rings is 1. The average Bonchev–Trinajstić information content (AvgIpc) is 3.09. The summed E-state index contributed by atoms with van der Waals surface area (Å²) in [6, 6.07) is 1.65. The van der Waals surface area contributed by atoms with Gasteiger partial charge in [-0.15, -0.1) is 0 Å². The van der Waals surface area contributed by atoms with Crippen LogP contribution in [0.3, 0.4) is 0 Å². The van der Waals surface area contributed by atoms with Gasteiger partial charge in [0.2, 0.25) is 0 Å². The van der Waals surface area contributed by atoms with Crippen LogP contribution in [0.2, 0.25) is 0 Å². The van der Waals surface area contributed by atoms with Gasteiger partial charge in [0.15, 0.2) is 5.03 Å². The number of aryl methyl sites for hydroxylation is 3. The lowest BCUT2D eigenvalue weighted by Gasteiger charge is -2.30. The van der Waals surface area contributed by atoms with Gasteiger partial charge in [0.1, 0.15) is 0 Å². The monoisotopic (exact) mass is 391 g/mol. The highest BCUT2D eigenvalue weighted by molar-refractivity contribution is 7.89. The number of fused-ring (bicyclic) bond motifs is 1. The SMILES string of the molecule is Cn1cnc(S(=O)(=O)NC2CCC(n3nc4c(cc3=O)CCCC4)CC2)c1. The summed E-state index contributed by atoms with van der Waals surface area (Å²) in [6.45, 7) is 0. The zero-order valence-electron chi connectivity index (χ0n) is 15.5. The third-order valence-corrected chi connectivity index (χ3v) is 6.96. The molecule has 0 aliphatic heterocycles. The maximum Gasteiger partial charge on any atom is 0.267 e. The molecule has 0 spiro atoms. The molecule has 1 saturated carbocycles. The molecule has 2 aliphatic rings. The van der Waals surface area contributed by atoms with Crippen molar-refractivity contribution in [2.24, 2.45) is 7.05 Å². The fraction of sp³-hybridized carbons (Fsp3) is 0.611. The number of nitrogens with zero attached hydrogens (tertiary/aromatic N) is 4. The first-order chi connectivity index (χ1) is 12.9. The van der Waals surface area contributed by atoms with Gasteiger partial charge in [0.05, 0.1) is 18.1 Å². The van der Waals surface area contributed by atoms with E-state index in [-0.39, 0.29) is 22.7 Å². The molecular weight excluding hydrogens is 366 g/mol. The van der Waals surface area contributed by atoms with E-state index in [1.807, 2.05) is 0 Å². The smallest absolute Gasteiger partial charge is 0.267 e. The van der Waals surface area contributed by atoms with Crippen molar-refractivity contribution < 1.29 is 8.42 Å². The molecule has 4 rings (SSSR count). The van der Waals surface area contributed by atoms with Crippen molar-refractivity contribution in [2.45, 2.75) is 68.5 Å². The number of sulfonamides is 1. The summed E-state index contributed by atoms with van der Waals surface area (Å²) < 4.78 is 30.8. The number of hydrogen-bond donors (Lipinski definition) is 1. The molecule has 2 aliphatic carbocycles. The van der Waals surface area contributed by atoms with E-state index in [2.05, 4.69) is 14.8 Å². The summed E-state index contributed by atoms with van der Waals surface area (Å²) in [4.78, 5) is 16.4. The van der Waals surface area contributed by atoms with Gasteiger partial charge in [0.25, 0.3) is 15.6 Å². The molecule has 1 fully saturated rings. The maximum atomic E-state index is 12.5. The lowest BCUT2D eigenvalue weighted by Crippen LogP contribution is -2.40. The number of nitrogens with one attached hydrogen (secondary N) is 1. The Kier molecular flexibility index (Phi) is 4.90. The van der Waals surface area contributed by atoms with Crippen molar-refractivity contribution in [1.82, 2.24) is 24.1 Å². The molecular formula is C18H25N5O3S. The molecule has 0 radical (unpaired) electrons. The third-order valence-electron chi connectivity index (χ3n) is 5.55. The van der Waals surface area contributed by atoms with Gasteiger partial charge in [-0.25, -0.2) is 22.8 Å². The quantitative estimate of drug-likeness (QED) is 0.847. The predicted octanol–water partition coefficient (Wildman–Crippen LogP) is 1.32. The largest absolute Gasteiger partial charge is 0.339 e. The van der Waals surface area contributed by atoms with Gasteiger partial charge in [-0.05, 0) is 56.9 Å². The summed E-state index contributed by atoms with van der Waals surface area (Å²) in [5.41, 5.74) is 2.12. The lowest BCUT2D eigenvalue weighted by atomic mass is 9.91. The van der Waals surface area contributed by atoms with E-state index in [1.165, 1.54) is 12.5 Å². The first-order valence-corrected chi connectivity index (χ1v) is 11.0. The van der Waals surface area contributed by atoms with E-state index in [4.69, 9.17) is 0 Å². The Balaban J connectivity index is 1.43. The van der Waals surface area contributed by atoms with Crippen LogP contribution in [0.1, 0.15) is 55.8 Å². The minimum absolute atomic E-state index is 0.0341. The minimum Gasteiger partial charge on any atom is -0.339 e. The molecule has 2 heterocycles. The molecule has 146 valence electrons. The molecule has 2 aromatic rings. The minimum atomic E-state index is -3.61. The Morgan fingerprint density at radius 1 is 1.15 bits per heavy atom. The van der Waals surface area contributed by atoms with Crippen LogP contribution in [-0.4, -0.2) is 33.8 Å². The summed E-state index contributed by atoms with van der Waals surface area (Å²) in [6.07, 6.45) is 9.94. The van der Waals surface area contributed by atoms with Gasteiger partial charge in [0, 0.05) is 25.4 Å². The molecule has 0 amide bonds. The van der Waals surface area contributed by atoms with Gasteiger partial charge in [-0.1, -0.05) is 0 Å². The Labute approximate surface area is 158 Å². The molecule has 0 aromatic carbocycles. The Morgan fingerprint density at radius 3 is 2.59 bits per heavy atom. The highest BCUT2D eigenvalue weighted by atomic mass is 32.2. The van der Waals surface area contributed by atoms with Crippen molar-refractivity contribution >= 4 is 10.0 Å². The van der Waals surface area contributed by atoms with E-state index in [1.54, 1.807) is 22.4 Å². The van der Waals surface area contributed by atoms with E-state index in [0.29, 0.717) is 12.8 Å². The van der Waals surface area contributed by atoms with Crippen LogP contribution >= 0.6 is 0 Å². The standard InChI is InChI=1S/C18H25N5O3S/c1-22-11-17(19-12-22)27(25,26)21-14-6-8-15(9-7-14)23-18(24)10-13-4-2-3-5-16(13)20-23/h10-12,14-15,21H,2-9H2,1H3. The molecule has 27 heavy (non-hydrogen) atoms. The zero-order valence-corrected chi connectivity index (χ0v) is 16.3. The van der Waals surface area contributed by atoms with Crippen molar-refractivity contribution in [3.8, 4) is 0 Å². The zero-order chi connectivity index (χ0) is 19.0. The summed E-state index contributed by atoms with van der Waals surface area (Å²) >= 11 is 0. The number of rotatable bonds is 4. The van der Waals surface area contributed by atoms with E-state index in [0.717, 1.165) is 49.8 Å². The van der Waals surface area contributed by atoms with Crippen molar-refractivity contribution in [3.63, 3.8) is 0 Å². The molecule has 1 N–H and O–H groups in total. The second-order valence-corrected chi connectivity index (χ2v) is 9.27. The highest BCUT2D eigenvalue weighted by Gasteiger charge is 2.29. The van der Waals surface area contributed by atoms with Crippen LogP contribution in [0.15, 0.2) is 28.4 Å². The first kappa shape index (κ1) is 18.4. The topological polar surface area (TPSA) is 98.9 Å². The molecule has 2 aromatic heterocycles. The van der Waals surface area contributed by atoms with Crippen LogP contribution < -0.4 is 10.3 Å². The molecule has 8 nitrogen and oxygen atoms in total. The second kappa shape index (κ2) is 7.20. The average molecular weight is 391 g/mol. The molecule has 0 atom stereocenters.